The first-order valence-corrected chi connectivity index (χ1v) is 11.6. The summed E-state index contributed by atoms with van der Waals surface area (Å²) in [5.41, 5.74) is 10.3. The molecule has 0 radical (unpaired) electrons. The smallest absolute Gasteiger partial charge is 0.228 e. The van der Waals surface area contributed by atoms with Crippen molar-refractivity contribution in [3.8, 4) is 11.1 Å². The molecular weight excluding hydrogens is 384 g/mol. The molecule has 1 fully saturated rings. The predicted octanol–water partition coefficient (Wildman–Crippen LogP) is 3.70. The number of carbonyl (C=O) groups is 1. The van der Waals surface area contributed by atoms with Crippen LogP contribution in [0.3, 0.4) is 0 Å². The molecule has 0 bridgehead atoms. The summed E-state index contributed by atoms with van der Waals surface area (Å²) in [5.74, 6) is 0.238. The molecule has 0 saturated carbocycles. The number of nitrogens with two attached hydrogens (primary N) is 1. The lowest BCUT2D eigenvalue weighted by molar-refractivity contribution is -0.122. The standard InChI is InChI=1S/C26H38N4O/c1-19(2)15-25(26(31)29-18-27)21-9-6-8-20(16-21)24-10-5-4-7-22(24)17-28-23-11-13-30(3)14-12-23/h4-10,16,19,23,25,28H,11-15,17-18,27H2,1-3H3,(H,29,31)/t25-/m1/s1. The van der Waals surface area contributed by atoms with Gasteiger partial charge in [-0.05, 0) is 67.6 Å². The van der Waals surface area contributed by atoms with E-state index in [1.165, 1.54) is 24.0 Å². The third kappa shape index (κ3) is 6.63. The summed E-state index contributed by atoms with van der Waals surface area (Å²) in [4.78, 5) is 15.1. The zero-order valence-electron chi connectivity index (χ0n) is 19.2. The number of hydrogen-bond acceptors (Lipinski definition) is 4. The van der Waals surface area contributed by atoms with Crippen LogP contribution in [0.5, 0.6) is 0 Å². The van der Waals surface area contributed by atoms with Crippen LogP contribution in [0.25, 0.3) is 11.1 Å². The number of nitrogens with zero attached hydrogens (tertiary/aromatic N) is 1. The zero-order chi connectivity index (χ0) is 22.2. The highest BCUT2D eigenvalue weighted by Gasteiger charge is 2.22. The molecule has 31 heavy (non-hydrogen) atoms. The van der Waals surface area contributed by atoms with E-state index >= 15 is 0 Å². The Kier molecular flexibility index (Phi) is 8.64. The second kappa shape index (κ2) is 11.4. The van der Waals surface area contributed by atoms with Crippen molar-refractivity contribution in [2.45, 2.75) is 51.6 Å². The van der Waals surface area contributed by atoms with E-state index in [9.17, 15) is 4.79 Å². The van der Waals surface area contributed by atoms with E-state index in [1.54, 1.807) is 0 Å². The summed E-state index contributed by atoms with van der Waals surface area (Å²) in [6, 6.07) is 17.6. The first-order chi connectivity index (χ1) is 15.0. The van der Waals surface area contributed by atoms with Crippen molar-refractivity contribution in [3.63, 3.8) is 0 Å². The van der Waals surface area contributed by atoms with Gasteiger partial charge in [0.25, 0.3) is 0 Å². The Labute approximate surface area is 187 Å². The number of carbonyl (C=O) groups excluding carboxylic acids is 1. The van der Waals surface area contributed by atoms with Crippen molar-refractivity contribution in [3.05, 3.63) is 59.7 Å². The Morgan fingerprint density at radius 1 is 1.13 bits per heavy atom. The minimum atomic E-state index is -0.187. The van der Waals surface area contributed by atoms with Crippen LogP contribution >= 0.6 is 0 Å². The third-order valence-electron chi connectivity index (χ3n) is 6.22. The average Bonchev–Trinajstić information content (AvgIpc) is 2.77. The van der Waals surface area contributed by atoms with Crippen LogP contribution in [0.1, 0.15) is 50.2 Å². The van der Waals surface area contributed by atoms with Crippen molar-refractivity contribution >= 4 is 5.91 Å². The molecule has 3 rings (SSSR count). The average molecular weight is 423 g/mol. The highest BCUT2D eigenvalue weighted by Crippen LogP contribution is 2.30. The highest BCUT2D eigenvalue weighted by atomic mass is 16.1. The Morgan fingerprint density at radius 3 is 2.58 bits per heavy atom. The molecule has 0 spiro atoms. The summed E-state index contributed by atoms with van der Waals surface area (Å²) < 4.78 is 0. The maximum atomic E-state index is 12.7. The molecule has 1 aliphatic rings. The van der Waals surface area contributed by atoms with Gasteiger partial charge in [0.05, 0.1) is 12.6 Å². The van der Waals surface area contributed by atoms with Crippen molar-refractivity contribution in [1.82, 2.24) is 15.5 Å². The topological polar surface area (TPSA) is 70.4 Å². The van der Waals surface area contributed by atoms with Crippen molar-refractivity contribution in [2.75, 3.05) is 26.8 Å². The Balaban J connectivity index is 1.80. The molecule has 1 amide bonds. The minimum absolute atomic E-state index is 0.00516. The quantitative estimate of drug-likeness (QED) is 0.539. The van der Waals surface area contributed by atoms with Gasteiger partial charge in [-0.3, -0.25) is 4.79 Å². The van der Waals surface area contributed by atoms with E-state index in [1.807, 2.05) is 0 Å². The molecule has 2 aromatic carbocycles. The van der Waals surface area contributed by atoms with Crippen LogP contribution < -0.4 is 16.4 Å². The lowest BCUT2D eigenvalue weighted by Gasteiger charge is -2.29. The van der Waals surface area contributed by atoms with Crippen molar-refractivity contribution in [2.24, 2.45) is 11.7 Å². The zero-order valence-corrected chi connectivity index (χ0v) is 19.2. The van der Waals surface area contributed by atoms with Crippen LogP contribution in [0.15, 0.2) is 48.5 Å². The first kappa shape index (κ1) is 23.5. The van der Waals surface area contributed by atoms with Gasteiger partial charge in [-0.25, -0.2) is 0 Å². The van der Waals surface area contributed by atoms with Crippen molar-refractivity contribution in [1.29, 1.82) is 0 Å². The largest absolute Gasteiger partial charge is 0.343 e. The maximum absolute atomic E-state index is 12.7. The Bertz CT molecular complexity index is 843. The Morgan fingerprint density at radius 2 is 1.87 bits per heavy atom. The SMILES string of the molecule is CC(C)C[C@@H](C(=O)NCN)c1cccc(-c2ccccc2CNC2CCN(C)CC2)c1. The van der Waals surface area contributed by atoms with E-state index in [0.29, 0.717) is 12.0 Å². The number of amides is 1. The summed E-state index contributed by atoms with van der Waals surface area (Å²) in [6.07, 6.45) is 3.19. The summed E-state index contributed by atoms with van der Waals surface area (Å²) in [7, 11) is 2.19. The summed E-state index contributed by atoms with van der Waals surface area (Å²) in [5, 5.41) is 6.57. The first-order valence-electron chi connectivity index (χ1n) is 11.6. The van der Waals surface area contributed by atoms with Crippen LogP contribution in [-0.2, 0) is 11.3 Å². The van der Waals surface area contributed by atoms with E-state index in [2.05, 4.69) is 85.0 Å². The maximum Gasteiger partial charge on any atom is 0.228 e. The predicted molar refractivity (Wildman–Crippen MR) is 129 cm³/mol. The lowest BCUT2D eigenvalue weighted by atomic mass is 9.87. The fourth-order valence-corrected chi connectivity index (χ4v) is 4.44. The molecule has 1 saturated heterocycles. The fraction of sp³-hybridized carbons (Fsp3) is 0.500. The van der Waals surface area contributed by atoms with E-state index in [-0.39, 0.29) is 18.5 Å². The molecule has 5 nitrogen and oxygen atoms in total. The molecule has 0 unspecified atom stereocenters. The molecule has 0 aliphatic carbocycles. The van der Waals surface area contributed by atoms with Gasteiger partial charge in [-0.2, -0.15) is 0 Å². The molecule has 4 N–H and O–H groups in total. The van der Waals surface area contributed by atoms with Crippen LogP contribution in [0.4, 0.5) is 0 Å². The van der Waals surface area contributed by atoms with Gasteiger partial charge in [-0.15, -0.1) is 0 Å². The van der Waals surface area contributed by atoms with Gasteiger partial charge >= 0.3 is 0 Å². The number of likely N-dealkylation sites (tertiary alicyclic amines) is 1. The van der Waals surface area contributed by atoms with Crippen LogP contribution in [0.2, 0.25) is 0 Å². The van der Waals surface area contributed by atoms with Gasteiger partial charge in [-0.1, -0.05) is 62.4 Å². The van der Waals surface area contributed by atoms with Crippen LogP contribution in [-0.4, -0.2) is 43.7 Å². The summed E-state index contributed by atoms with van der Waals surface area (Å²) in [6.45, 7) is 7.64. The highest BCUT2D eigenvalue weighted by molar-refractivity contribution is 5.84. The fourth-order valence-electron chi connectivity index (χ4n) is 4.44. The van der Waals surface area contributed by atoms with Crippen molar-refractivity contribution < 1.29 is 4.79 Å². The van der Waals surface area contributed by atoms with Crippen LogP contribution in [0, 0.1) is 5.92 Å². The number of rotatable bonds is 9. The number of hydrogen-bond donors (Lipinski definition) is 3. The normalized spacial score (nSPS) is 16.4. The molecular formula is C26H38N4O. The van der Waals surface area contributed by atoms with E-state index in [0.717, 1.165) is 37.2 Å². The molecule has 0 aromatic heterocycles. The van der Waals surface area contributed by atoms with E-state index < -0.39 is 0 Å². The minimum Gasteiger partial charge on any atom is -0.343 e. The second-order valence-corrected chi connectivity index (χ2v) is 9.17. The molecule has 1 atom stereocenters. The monoisotopic (exact) mass is 422 g/mol. The van der Waals surface area contributed by atoms with Gasteiger partial charge in [0.2, 0.25) is 5.91 Å². The molecule has 5 heteroatoms. The molecule has 2 aromatic rings. The van der Waals surface area contributed by atoms with Gasteiger partial charge in [0.15, 0.2) is 0 Å². The third-order valence-corrected chi connectivity index (χ3v) is 6.22. The number of benzene rings is 2. The van der Waals surface area contributed by atoms with Gasteiger partial charge in [0, 0.05) is 12.6 Å². The molecule has 1 aliphatic heterocycles. The van der Waals surface area contributed by atoms with Gasteiger partial charge < -0.3 is 21.3 Å². The number of piperidine rings is 1. The molecule has 168 valence electrons. The Hall–Kier alpha value is -2.21. The number of nitrogens with one attached hydrogen (secondary N) is 2. The lowest BCUT2D eigenvalue weighted by Crippen LogP contribution is -2.40. The second-order valence-electron chi connectivity index (χ2n) is 9.17. The van der Waals surface area contributed by atoms with Gasteiger partial charge in [0.1, 0.15) is 0 Å². The van der Waals surface area contributed by atoms with E-state index in [4.69, 9.17) is 5.73 Å². The summed E-state index contributed by atoms with van der Waals surface area (Å²) >= 11 is 0. The molecule has 1 heterocycles.